The Morgan fingerprint density at radius 2 is 1.66 bits per heavy atom. The van der Waals surface area contributed by atoms with Gasteiger partial charge < -0.3 is 10.2 Å². The SMILES string of the molecule is O=C(NCc1ccncc1)C1CC(=O)N(c2ccc(S(=O)(=O)N3CCCCCC3)cc2)C1. The second-order valence-corrected chi connectivity index (χ2v) is 10.2. The van der Waals surface area contributed by atoms with Crippen LogP contribution in [0.15, 0.2) is 53.7 Å². The summed E-state index contributed by atoms with van der Waals surface area (Å²) in [4.78, 5) is 30.8. The van der Waals surface area contributed by atoms with Crippen LogP contribution >= 0.6 is 0 Å². The molecular formula is C23H28N4O4S. The van der Waals surface area contributed by atoms with Crippen molar-refractivity contribution in [2.24, 2.45) is 5.92 Å². The lowest BCUT2D eigenvalue weighted by Gasteiger charge is -2.21. The molecule has 9 heteroatoms. The quantitative estimate of drug-likeness (QED) is 0.719. The van der Waals surface area contributed by atoms with Crippen LogP contribution < -0.4 is 10.2 Å². The number of pyridine rings is 1. The average Bonchev–Trinajstić information content (AvgIpc) is 3.00. The number of hydrogen-bond acceptors (Lipinski definition) is 5. The molecule has 1 aromatic carbocycles. The highest BCUT2D eigenvalue weighted by atomic mass is 32.2. The van der Waals surface area contributed by atoms with Gasteiger partial charge in [-0.2, -0.15) is 4.31 Å². The summed E-state index contributed by atoms with van der Waals surface area (Å²) in [6, 6.07) is 10.1. The number of benzene rings is 1. The molecule has 2 fully saturated rings. The molecule has 4 rings (SSSR count). The lowest BCUT2D eigenvalue weighted by Crippen LogP contribution is -2.33. The van der Waals surface area contributed by atoms with Crippen LogP contribution in [0.25, 0.3) is 0 Å². The summed E-state index contributed by atoms with van der Waals surface area (Å²) in [5.41, 5.74) is 1.55. The maximum Gasteiger partial charge on any atom is 0.243 e. The molecule has 1 unspecified atom stereocenters. The van der Waals surface area contributed by atoms with Gasteiger partial charge in [0.1, 0.15) is 0 Å². The third kappa shape index (κ3) is 4.99. The lowest BCUT2D eigenvalue weighted by molar-refractivity contribution is -0.126. The Morgan fingerprint density at radius 3 is 2.31 bits per heavy atom. The highest BCUT2D eigenvalue weighted by Crippen LogP contribution is 2.28. The zero-order chi connectivity index (χ0) is 22.6. The Morgan fingerprint density at radius 1 is 1.00 bits per heavy atom. The van der Waals surface area contributed by atoms with Gasteiger partial charge in [-0.15, -0.1) is 0 Å². The van der Waals surface area contributed by atoms with Crippen molar-refractivity contribution in [2.45, 2.75) is 43.5 Å². The highest BCUT2D eigenvalue weighted by molar-refractivity contribution is 7.89. The summed E-state index contributed by atoms with van der Waals surface area (Å²) >= 11 is 0. The van der Waals surface area contributed by atoms with E-state index in [9.17, 15) is 18.0 Å². The molecule has 0 saturated carbocycles. The number of anilines is 1. The van der Waals surface area contributed by atoms with E-state index >= 15 is 0 Å². The van der Waals surface area contributed by atoms with Crippen molar-refractivity contribution in [3.63, 3.8) is 0 Å². The van der Waals surface area contributed by atoms with E-state index in [1.54, 1.807) is 45.9 Å². The summed E-state index contributed by atoms with van der Waals surface area (Å²) in [5, 5.41) is 2.87. The van der Waals surface area contributed by atoms with Gasteiger partial charge in [0.05, 0.1) is 10.8 Å². The van der Waals surface area contributed by atoms with Crippen molar-refractivity contribution >= 4 is 27.5 Å². The molecule has 1 N–H and O–H groups in total. The van der Waals surface area contributed by atoms with Crippen LogP contribution in [0.1, 0.15) is 37.7 Å². The minimum atomic E-state index is -3.54. The smallest absolute Gasteiger partial charge is 0.243 e. The zero-order valence-corrected chi connectivity index (χ0v) is 18.8. The molecule has 2 saturated heterocycles. The van der Waals surface area contributed by atoms with Gasteiger partial charge in [0.15, 0.2) is 0 Å². The van der Waals surface area contributed by atoms with Crippen LogP contribution in [0.5, 0.6) is 0 Å². The summed E-state index contributed by atoms with van der Waals surface area (Å²) in [7, 11) is -3.54. The van der Waals surface area contributed by atoms with Crippen LogP contribution in [0, 0.1) is 5.92 Å². The molecule has 0 spiro atoms. The van der Waals surface area contributed by atoms with Crippen LogP contribution in [-0.2, 0) is 26.2 Å². The summed E-state index contributed by atoms with van der Waals surface area (Å²) in [6.45, 7) is 1.75. The fourth-order valence-electron chi connectivity index (χ4n) is 4.20. The minimum absolute atomic E-state index is 0.135. The fourth-order valence-corrected chi connectivity index (χ4v) is 5.71. The number of nitrogens with one attached hydrogen (secondary N) is 1. The van der Waals surface area contributed by atoms with Crippen LogP contribution in [-0.4, -0.2) is 49.2 Å². The number of rotatable bonds is 6. The van der Waals surface area contributed by atoms with Crippen molar-refractivity contribution in [2.75, 3.05) is 24.5 Å². The number of hydrogen-bond donors (Lipinski definition) is 1. The number of carbonyl (C=O) groups excluding carboxylic acids is 2. The maximum atomic E-state index is 13.0. The van der Waals surface area contributed by atoms with Gasteiger partial charge in [-0.1, -0.05) is 12.8 Å². The molecule has 1 atom stereocenters. The van der Waals surface area contributed by atoms with Gasteiger partial charge in [-0.05, 0) is 54.8 Å². The van der Waals surface area contributed by atoms with E-state index in [0.29, 0.717) is 25.3 Å². The first-order valence-corrected chi connectivity index (χ1v) is 12.5. The Hall–Kier alpha value is -2.78. The second-order valence-electron chi connectivity index (χ2n) is 8.29. The molecular weight excluding hydrogens is 428 g/mol. The van der Waals surface area contributed by atoms with Crippen molar-refractivity contribution in [3.8, 4) is 0 Å². The Bertz CT molecular complexity index is 1050. The van der Waals surface area contributed by atoms with Crippen molar-refractivity contribution in [1.29, 1.82) is 0 Å². The topological polar surface area (TPSA) is 99.7 Å². The third-order valence-electron chi connectivity index (χ3n) is 6.06. The standard InChI is InChI=1S/C23H28N4O4S/c28-22-15-19(23(29)25-16-18-9-11-24-12-10-18)17-27(22)20-5-7-21(8-6-20)32(30,31)26-13-3-1-2-4-14-26/h5-12,19H,1-4,13-17H2,(H,25,29). The van der Waals surface area contributed by atoms with Gasteiger partial charge >= 0.3 is 0 Å². The summed E-state index contributed by atoms with van der Waals surface area (Å²) < 4.78 is 27.5. The van der Waals surface area contributed by atoms with Gasteiger partial charge in [0.25, 0.3) is 0 Å². The molecule has 2 aliphatic heterocycles. The highest BCUT2D eigenvalue weighted by Gasteiger charge is 2.35. The number of amides is 2. The Balaban J connectivity index is 1.39. The number of carbonyl (C=O) groups is 2. The molecule has 2 amide bonds. The van der Waals surface area contributed by atoms with Crippen molar-refractivity contribution in [3.05, 3.63) is 54.4 Å². The molecule has 3 heterocycles. The molecule has 8 nitrogen and oxygen atoms in total. The third-order valence-corrected chi connectivity index (χ3v) is 7.98. The van der Waals surface area contributed by atoms with E-state index in [0.717, 1.165) is 31.2 Å². The van der Waals surface area contributed by atoms with Crippen molar-refractivity contribution in [1.82, 2.24) is 14.6 Å². The van der Waals surface area contributed by atoms with Gasteiger partial charge in [-0.3, -0.25) is 14.6 Å². The first-order chi connectivity index (χ1) is 15.4. The van der Waals surface area contributed by atoms with Crippen LogP contribution in [0.3, 0.4) is 0 Å². The number of sulfonamides is 1. The molecule has 1 aromatic heterocycles. The second kappa shape index (κ2) is 9.79. The normalized spacial score (nSPS) is 20.2. The van der Waals surface area contributed by atoms with E-state index in [1.165, 1.54) is 0 Å². The number of aromatic nitrogens is 1. The zero-order valence-electron chi connectivity index (χ0n) is 17.9. The minimum Gasteiger partial charge on any atom is -0.352 e. The summed E-state index contributed by atoms with van der Waals surface area (Å²) in [5.74, 6) is -0.750. The van der Waals surface area contributed by atoms with Crippen LogP contribution in [0.4, 0.5) is 5.69 Å². The average molecular weight is 457 g/mol. The monoisotopic (exact) mass is 456 g/mol. The molecule has 0 aliphatic carbocycles. The predicted molar refractivity (Wildman–Crippen MR) is 120 cm³/mol. The van der Waals surface area contributed by atoms with E-state index < -0.39 is 15.9 Å². The maximum absolute atomic E-state index is 13.0. The molecule has 170 valence electrons. The van der Waals surface area contributed by atoms with E-state index in [-0.39, 0.29) is 29.7 Å². The van der Waals surface area contributed by atoms with Gasteiger partial charge in [-0.25, -0.2) is 8.42 Å². The van der Waals surface area contributed by atoms with E-state index in [2.05, 4.69) is 10.3 Å². The first kappa shape index (κ1) is 22.4. The lowest BCUT2D eigenvalue weighted by atomic mass is 10.1. The van der Waals surface area contributed by atoms with Gasteiger partial charge in [0.2, 0.25) is 21.8 Å². The van der Waals surface area contributed by atoms with E-state index in [4.69, 9.17) is 0 Å². The molecule has 2 aromatic rings. The van der Waals surface area contributed by atoms with Gasteiger partial charge in [0, 0.05) is 50.7 Å². The molecule has 2 aliphatic rings. The fraction of sp³-hybridized carbons (Fsp3) is 0.435. The van der Waals surface area contributed by atoms with Crippen LogP contribution in [0.2, 0.25) is 0 Å². The first-order valence-electron chi connectivity index (χ1n) is 11.0. The number of nitrogens with zero attached hydrogens (tertiary/aromatic N) is 3. The summed E-state index contributed by atoms with van der Waals surface area (Å²) in [6.07, 6.45) is 7.33. The Kier molecular flexibility index (Phi) is 6.86. The predicted octanol–water partition coefficient (Wildman–Crippen LogP) is 2.32. The molecule has 0 radical (unpaired) electrons. The Labute approximate surface area is 188 Å². The van der Waals surface area contributed by atoms with E-state index in [1.807, 2.05) is 12.1 Å². The van der Waals surface area contributed by atoms with Crippen molar-refractivity contribution < 1.29 is 18.0 Å². The molecule has 0 bridgehead atoms. The molecule has 32 heavy (non-hydrogen) atoms. The largest absolute Gasteiger partial charge is 0.352 e.